The van der Waals surface area contributed by atoms with Gasteiger partial charge in [0.25, 0.3) is 0 Å². The quantitative estimate of drug-likeness (QED) is 0.132. The second kappa shape index (κ2) is 15.7. The van der Waals surface area contributed by atoms with Crippen LogP contribution in [0.15, 0.2) is 91.0 Å². The molecule has 5 fully saturated rings. The molecule has 6 heteroatoms. The molecule has 0 amide bonds. The molecule has 5 saturated carbocycles. The maximum absolute atomic E-state index is 14.4. The van der Waals surface area contributed by atoms with Crippen molar-refractivity contribution in [1.29, 1.82) is 0 Å². The van der Waals surface area contributed by atoms with Crippen LogP contribution in [0.5, 0.6) is 0 Å². The van der Waals surface area contributed by atoms with E-state index in [0.717, 1.165) is 44.7 Å². The third-order valence-corrected chi connectivity index (χ3v) is 22.9. The largest absolute Gasteiger partial charge is 1.00 e. The Labute approximate surface area is 361 Å². The van der Waals surface area contributed by atoms with E-state index in [1.165, 1.54) is 41.6 Å². The number of ether oxygens (including phenoxy) is 2. The van der Waals surface area contributed by atoms with Crippen molar-refractivity contribution in [3.05, 3.63) is 91.0 Å². The molecule has 5 unspecified atom stereocenters. The smallest absolute Gasteiger partial charge is 0.312 e. The highest BCUT2D eigenvalue weighted by atomic mass is 127. The molecule has 57 heavy (non-hydrogen) atoms. The van der Waals surface area contributed by atoms with Crippen LogP contribution in [0.25, 0.3) is 0 Å². The number of halogens is 1. The zero-order chi connectivity index (χ0) is 39.7. The molecular formula is C51H68IO4P. The van der Waals surface area contributed by atoms with Gasteiger partial charge in [0.1, 0.15) is 29.3 Å². The fourth-order valence-electron chi connectivity index (χ4n) is 15.6. The van der Waals surface area contributed by atoms with Gasteiger partial charge in [-0.3, -0.25) is 9.59 Å². The van der Waals surface area contributed by atoms with E-state index in [9.17, 15) is 9.59 Å². The molecule has 0 bridgehead atoms. The molecule has 0 radical (unpaired) electrons. The van der Waals surface area contributed by atoms with Gasteiger partial charge in [0.15, 0.2) is 0 Å². The Bertz CT molecular complexity index is 1800. The van der Waals surface area contributed by atoms with Crippen molar-refractivity contribution in [1.82, 2.24) is 0 Å². The van der Waals surface area contributed by atoms with Gasteiger partial charge < -0.3 is 33.5 Å². The molecule has 0 spiro atoms. The van der Waals surface area contributed by atoms with Crippen LogP contribution in [0.2, 0.25) is 0 Å². The van der Waals surface area contributed by atoms with E-state index in [1.807, 2.05) is 0 Å². The van der Waals surface area contributed by atoms with Gasteiger partial charge in [-0.2, -0.15) is 0 Å². The van der Waals surface area contributed by atoms with Crippen LogP contribution >= 0.6 is 7.26 Å². The van der Waals surface area contributed by atoms with Crippen LogP contribution in [0, 0.1) is 62.6 Å². The number of carbonyl (C=O) groups is 2. The minimum absolute atomic E-state index is 0. The Morgan fingerprint density at radius 3 is 1.77 bits per heavy atom. The van der Waals surface area contributed by atoms with Crippen molar-refractivity contribution >= 4 is 35.1 Å². The first-order valence-corrected chi connectivity index (χ1v) is 24.0. The monoisotopic (exact) mass is 902 g/mol. The van der Waals surface area contributed by atoms with Crippen molar-refractivity contribution in [3.63, 3.8) is 0 Å². The number of esters is 2. The van der Waals surface area contributed by atoms with Crippen LogP contribution in [0.4, 0.5) is 0 Å². The first-order chi connectivity index (χ1) is 26.7. The highest BCUT2D eigenvalue weighted by molar-refractivity contribution is 7.95. The Morgan fingerprint density at radius 2 is 1.25 bits per heavy atom. The summed E-state index contributed by atoms with van der Waals surface area (Å²) in [5.74, 6) is 2.70. The standard InChI is InChI=1S/C51H68O4P.HI/c1-35(34-56(37-18-12-9-13-19-37,38-20-14-10-15-21-38)39-22-16-11-17-23-39)40-26-31-51(46(53)54-8)33-32-49(6)41(45(40)51)24-25-43-48(5)29-28-44(55-36(2)52)47(3,4)42(48)27-30-50(43,49)7;/h9-23,35,40-45H,24-34H2,1-8H3;1H/q+1;/p-1/t35?,40-,41?,42?,43?,44-,45?,48-,49+,50+,51-;/m0./s1. The second-order valence-corrected chi connectivity index (χ2v) is 24.0. The van der Waals surface area contributed by atoms with Crippen molar-refractivity contribution in [3.8, 4) is 0 Å². The molecule has 0 aliphatic heterocycles. The summed E-state index contributed by atoms with van der Waals surface area (Å²) in [4.78, 5) is 26.6. The molecule has 3 aromatic rings. The van der Waals surface area contributed by atoms with Gasteiger partial charge in [-0.05, 0) is 152 Å². The van der Waals surface area contributed by atoms with Crippen LogP contribution in [-0.2, 0) is 19.1 Å². The summed E-state index contributed by atoms with van der Waals surface area (Å²) >= 11 is 0. The van der Waals surface area contributed by atoms with E-state index in [2.05, 4.69) is 133 Å². The van der Waals surface area contributed by atoms with Gasteiger partial charge in [-0.1, -0.05) is 96.1 Å². The third kappa shape index (κ3) is 6.42. The SMILES string of the molecule is COC(=O)[C@]12CC[C@@H](C(C)C[P+](c3ccccc3)(c3ccccc3)c3ccccc3)C1C1CCC3[C@@]4(C)CC[C@H](OC(C)=O)C(C)(C)C4CC[C@@]3(C)[C@]1(C)CC2.[I-]. The first-order valence-electron chi connectivity index (χ1n) is 22.0. The lowest BCUT2D eigenvalue weighted by atomic mass is 9.32. The van der Waals surface area contributed by atoms with Gasteiger partial charge in [-0.15, -0.1) is 0 Å². The highest BCUT2D eigenvalue weighted by Crippen LogP contribution is 2.78. The van der Waals surface area contributed by atoms with E-state index in [4.69, 9.17) is 9.47 Å². The minimum Gasteiger partial charge on any atom is -1.00 e. The lowest BCUT2D eigenvalue weighted by Crippen LogP contribution is -3.00. The van der Waals surface area contributed by atoms with Crippen LogP contribution in [0.1, 0.15) is 113 Å². The molecule has 0 heterocycles. The number of carbonyl (C=O) groups excluding carboxylic acids is 2. The van der Waals surface area contributed by atoms with Crippen LogP contribution in [0.3, 0.4) is 0 Å². The molecular weight excluding hydrogens is 834 g/mol. The normalized spacial score (nSPS) is 37.2. The molecule has 5 aliphatic carbocycles. The Hall–Kier alpha value is -2.24. The predicted octanol–water partition coefficient (Wildman–Crippen LogP) is 7.81. The van der Waals surface area contributed by atoms with E-state index in [0.29, 0.717) is 35.5 Å². The summed E-state index contributed by atoms with van der Waals surface area (Å²) in [5.41, 5.74) is 0.0577. The van der Waals surface area contributed by atoms with Crippen molar-refractivity contribution in [2.45, 2.75) is 119 Å². The fourth-order valence-corrected chi connectivity index (χ4v) is 20.3. The maximum atomic E-state index is 14.4. The van der Waals surface area contributed by atoms with E-state index < -0.39 is 12.7 Å². The molecule has 11 atom stereocenters. The van der Waals surface area contributed by atoms with Crippen LogP contribution in [-0.4, -0.2) is 31.3 Å². The van der Waals surface area contributed by atoms with E-state index in [1.54, 1.807) is 14.0 Å². The Morgan fingerprint density at radius 1 is 0.684 bits per heavy atom. The predicted molar refractivity (Wildman–Crippen MR) is 231 cm³/mol. The number of fused-ring (bicyclic) bond motifs is 7. The first kappa shape index (κ1) is 42.9. The number of methoxy groups -OCH3 is 1. The van der Waals surface area contributed by atoms with Gasteiger partial charge >= 0.3 is 11.9 Å². The molecule has 0 saturated heterocycles. The molecule has 4 nitrogen and oxygen atoms in total. The average molecular weight is 903 g/mol. The van der Waals surface area contributed by atoms with Gasteiger partial charge in [0, 0.05) is 12.3 Å². The van der Waals surface area contributed by atoms with Crippen molar-refractivity contribution < 1.29 is 43.0 Å². The van der Waals surface area contributed by atoms with Crippen molar-refractivity contribution in [2.24, 2.45) is 62.6 Å². The van der Waals surface area contributed by atoms with Gasteiger partial charge in [0.05, 0.1) is 18.7 Å². The fraction of sp³-hybridized carbons (Fsp3) is 0.608. The lowest BCUT2D eigenvalue weighted by molar-refractivity contribution is -0.251. The lowest BCUT2D eigenvalue weighted by Gasteiger charge is -2.72. The number of benzene rings is 3. The molecule has 5 aliphatic rings. The van der Waals surface area contributed by atoms with E-state index in [-0.39, 0.29) is 63.7 Å². The molecule has 0 N–H and O–H groups in total. The number of hydrogen-bond acceptors (Lipinski definition) is 4. The Balaban J connectivity index is 0.00000496. The summed E-state index contributed by atoms with van der Waals surface area (Å²) in [5, 5.41) is 4.33. The number of rotatable bonds is 8. The van der Waals surface area contributed by atoms with E-state index >= 15 is 0 Å². The van der Waals surface area contributed by atoms with Gasteiger partial charge in [0.2, 0.25) is 0 Å². The van der Waals surface area contributed by atoms with Gasteiger partial charge in [-0.25, -0.2) is 0 Å². The van der Waals surface area contributed by atoms with Crippen LogP contribution < -0.4 is 39.9 Å². The second-order valence-electron chi connectivity index (χ2n) is 20.5. The topological polar surface area (TPSA) is 52.6 Å². The summed E-state index contributed by atoms with van der Waals surface area (Å²) in [7, 11) is -0.409. The maximum Gasteiger partial charge on any atom is 0.312 e. The van der Waals surface area contributed by atoms with Crippen molar-refractivity contribution in [2.75, 3.05) is 13.3 Å². The minimum atomic E-state index is -2.05. The Kier molecular flexibility index (Phi) is 11.8. The average Bonchev–Trinajstić information content (AvgIpc) is 3.60. The zero-order valence-corrected chi connectivity index (χ0v) is 39.0. The highest BCUT2D eigenvalue weighted by Gasteiger charge is 2.73. The summed E-state index contributed by atoms with van der Waals surface area (Å²) in [6.07, 6.45) is 12.1. The molecule has 308 valence electrons. The molecule has 8 rings (SSSR count). The molecule has 3 aromatic carbocycles. The summed E-state index contributed by atoms with van der Waals surface area (Å²) in [6, 6.07) is 34.1. The summed E-state index contributed by atoms with van der Waals surface area (Å²) in [6.45, 7) is 16.9. The summed E-state index contributed by atoms with van der Waals surface area (Å²) < 4.78 is 11.9. The molecule has 0 aromatic heterocycles. The zero-order valence-electron chi connectivity index (χ0n) is 35.9. The number of hydrogen-bond donors (Lipinski definition) is 0. The third-order valence-electron chi connectivity index (χ3n) is 18.2.